The van der Waals surface area contributed by atoms with Crippen molar-refractivity contribution in [2.24, 2.45) is 0 Å². The molecule has 4 aromatic carbocycles. The van der Waals surface area contributed by atoms with E-state index in [0.29, 0.717) is 16.4 Å². The minimum atomic E-state index is -3.79. The molecule has 172 valence electrons. The van der Waals surface area contributed by atoms with Crippen LogP contribution in [0.5, 0.6) is 0 Å². The summed E-state index contributed by atoms with van der Waals surface area (Å²) in [5, 5.41) is 3.29. The van der Waals surface area contributed by atoms with E-state index in [4.69, 9.17) is 11.6 Å². The Morgan fingerprint density at radius 1 is 0.794 bits per heavy atom. The van der Waals surface area contributed by atoms with Gasteiger partial charge in [0.2, 0.25) is 5.91 Å². The van der Waals surface area contributed by atoms with Gasteiger partial charge in [-0.1, -0.05) is 72.3 Å². The lowest BCUT2D eigenvalue weighted by Gasteiger charge is -2.10. The van der Waals surface area contributed by atoms with Crippen molar-refractivity contribution in [3.8, 4) is 11.1 Å². The summed E-state index contributed by atoms with van der Waals surface area (Å²) < 4.78 is 27.8. The molecule has 0 saturated heterocycles. The van der Waals surface area contributed by atoms with E-state index in [1.807, 2.05) is 61.5 Å². The molecule has 7 heteroatoms. The summed E-state index contributed by atoms with van der Waals surface area (Å²) in [4.78, 5) is 12.5. The Kier molecular flexibility index (Phi) is 7.01. The van der Waals surface area contributed by atoms with Crippen molar-refractivity contribution in [1.82, 2.24) is 0 Å². The molecule has 4 aromatic rings. The fourth-order valence-corrected chi connectivity index (χ4v) is 4.65. The SMILES string of the molecule is Cc1ccc(NS(=O)(=O)c2ccc(NC(=O)Cc3ccc(-c4ccccc4)cc3)cc2)cc1Cl. The molecule has 0 aliphatic heterocycles. The molecule has 4 rings (SSSR count). The Morgan fingerprint density at radius 2 is 1.41 bits per heavy atom. The number of rotatable bonds is 7. The lowest BCUT2D eigenvalue weighted by atomic mass is 10.0. The second-order valence-electron chi connectivity index (χ2n) is 7.88. The standard InChI is InChI=1S/C27H23ClN2O3S/c1-19-7-12-24(18-26(19)28)30-34(32,33)25-15-13-23(14-16-25)29-27(31)17-20-8-10-22(11-9-20)21-5-3-2-4-6-21/h2-16,18,30H,17H2,1H3,(H,29,31). The molecule has 0 atom stereocenters. The fraction of sp³-hybridized carbons (Fsp3) is 0.0741. The minimum absolute atomic E-state index is 0.0821. The first-order valence-electron chi connectivity index (χ1n) is 10.6. The van der Waals surface area contributed by atoms with Crippen LogP contribution in [-0.2, 0) is 21.2 Å². The third-order valence-corrected chi connectivity index (χ3v) is 7.10. The van der Waals surface area contributed by atoms with E-state index in [1.54, 1.807) is 30.3 Å². The number of sulfonamides is 1. The maximum absolute atomic E-state index is 12.7. The number of amides is 1. The zero-order valence-electron chi connectivity index (χ0n) is 18.5. The molecule has 2 N–H and O–H groups in total. The number of hydrogen-bond acceptors (Lipinski definition) is 3. The molecule has 0 saturated carbocycles. The highest BCUT2D eigenvalue weighted by Crippen LogP contribution is 2.24. The average molecular weight is 491 g/mol. The van der Waals surface area contributed by atoms with Crippen LogP contribution >= 0.6 is 11.6 Å². The van der Waals surface area contributed by atoms with Gasteiger partial charge < -0.3 is 5.32 Å². The van der Waals surface area contributed by atoms with Crippen molar-refractivity contribution in [2.75, 3.05) is 10.0 Å². The quantitative estimate of drug-likeness (QED) is 0.319. The van der Waals surface area contributed by atoms with Crippen molar-refractivity contribution < 1.29 is 13.2 Å². The molecule has 0 unspecified atom stereocenters. The molecule has 0 bridgehead atoms. The molecular weight excluding hydrogens is 468 g/mol. The summed E-state index contributed by atoms with van der Waals surface area (Å²) in [6, 6.07) is 28.9. The van der Waals surface area contributed by atoms with Crippen molar-refractivity contribution in [1.29, 1.82) is 0 Å². The zero-order chi connectivity index (χ0) is 24.1. The molecule has 0 radical (unpaired) electrons. The second-order valence-corrected chi connectivity index (χ2v) is 9.97. The molecule has 0 aliphatic rings. The molecule has 0 spiro atoms. The van der Waals surface area contributed by atoms with Crippen molar-refractivity contribution in [2.45, 2.75) is 18.2 Å². The molecule has 0 heterocycles. The first kappa shape index (κ1) is 23.5. The molecule has 0 fully saturated rings. The Hall–Kier alpha value is -3.61. The van der Waals surface area contributed by atoms with E-state index in [0.717, 1.165) is 22.3 Å². The smallest absolute Gasteiger partial charge is 0.261 e. The van der Waals surface area contributed by atoms with Crippen LogP contribution in [0.3, 0.4) is 0 Å². The number of anilines is 2. The minimum Gasteiger partial charge on any atom is -0.326 e. The molecule has 0 aliphatic carbocycles. The van der Waals surface area contributed by atoms with E-state index in [9.17, 15) is 13.2 Å². The van der Waals surface area contributed by atoms with Gasteiger partial charge in [-0.25, -0.2) is 8.42 Å². The first-order valence-corrected chi connectivity index (χ1v) is 12.5. The summed E-state index contributed by atoms with van der Waals surface area (Å²) in [7, 11) is -3.79. The zero-order valence-corrected chi connectivity index (χ0v) is 20.0. The van der Waals surface area contributed by atoms with E-state index in [2.05, 4.69) is 10.0 Å². The van der Waals surface area contributed by atoms with Crippen molar-refractivity contribution in [3.63, 3.8) is 0 Å². The maximum Gasteiger partial charge on any atom is 0.261 e. The van der Waals surface area contributed by atoms with Gasteiger partial charge >= 0.3 is 0 Å². The lowest BCUT2D eigenvalue weighted by Crippen LogP contribution is -2.15. The van der Waals surface area contributed by atoms with Crippen LogP contribution in [0.1, 0.15) is 11.1 Å². The lowest BCUT2D eigenvalue weighted by molar-refractivity contribution is -0.115. The molecule has 0 aromatic heterocycles. The number of nitrogens with one attached hydrogen (secondary N) is 2. The third kappa shape index (κ3) is 5.84. The van der Waals surface area contributed by atoms with Gasteiger partial charge in [0, 0.05) is 10.7 Å². The van der Waals surface area contributed by atoms with E-state index in [-0.39, 0.29) is 17.2 Å². The van der Waals surface area contributed by atoms with Crippen LogP contribution in [0.2, 0.25) is 5.02 Å². The Labute approximate surface area is 204 Å². The predicted molar refractivity (Wildman–Crippen MR) is 138 cm³/mol. The summed E-state index contributed by atoms with van der Waals surface area (Å²) in [5.74, 6) is -0.185. The highest BCUT2D eigenvalue weighted by Gasteiger charge is 2.15. The maximum atomic E-state index is 12.7. The summed E-state index contributed by atoms with van der Waals surface area (Å²) >= 11 is 6.08. The van der Waals surface area contributed by atoms with Crippen molar-refractivity contribution in [3.05, 3.63) is 113 Å². The Morgan fingerprint density at radius 3 is 2.06 bits per heavy atom. The first-order chi connectivity index (χ1) is 16.3. The topological polar surface area (TPSA) is 75.3 Å². The second kappa shape index (κ2) is 10.1. The van der Waals surface area contributed by atoms with Gasteiger partial charge in [0.05, 0.1) is 17.0 Å². The molecule has 5 nitrogen and oxygen atoms in total. The highest BCUT2D eigenvalue weighted by atomic mass is 35.5. The van der Waals surface area contributed by atoms with E-state index < -0.39 is 10.0 Å². The van der Waals surface area contributed by atoms with Crippen molar-refractivity contribution >= 4 is 38.9 Å². The number of hydrogen-bond donors (Lipinski definition) is 2. The van der Waals surface area contributed by atoms with E-state index in [1.165, 1.54) is 12.1 Å². The predicted octanol–water partition coefficient (Wildman–Crippen LogP) is 6.30. The molecule has 1 amide bonds. The number of halogens is 1. The monoisotopic (exact) mass is 490 g/mol. The fourth-order valence-electron chi connectivity index (χ4n) is 3.42. The summed E-state index contributed by atoms with van der Waals surface area (Å²) in [6.07, 6.45) is 0.213. The molecule has 34 heavy (non-hydrogen) atoms. The largest absolute Gasteiger partial charge is 0.326 e. The Bertz CT molecular complexity index is 1400. The van der Waals surface area contributed by atoms with Gasteiger partial charge in [-0.05, 0) is 65.6 Å². The van der Waals surface area contributed by atoms with Crippen LogP contribution in [0.15, 0.2) is 102 Å². The van der Waals surface area contributed by atoms with Gasteiger partial charge in [0.15, 0.2) is 0 Å². The van der Waals surface area contributed by atoms with Gasteiger partial charge in [-0.3, -0.25) is 9.52 Å². The van der Waals surface area contributed by atoms with Gasteiger partial charge in [-0.15, -0.1) is 0 Å². The average Bonchev–Trinajstić information content (AvgIpc) is 2.83. The summed E-state index contributed by atoms with van der Waals surface area (Å²) in [5.41, 5.74) is 4.85. The number of benzene rings is 4. The number of aryl methyl sites for hydroxylation is 1. The van der Waals surface area contributed by atoms with Crippen LogP contribution in [0.25, 0.3) is 11.1 Å². The van der Waals surface area contributed by atoms with E-state index >= 15 is 0 Å². The van der Waals surface area contributed by atoms with Crippen LogP contribution in [0.4, 0.5) is 11.4 Å². The van der Waals surface area contributed by atoms with Crippen LogP contribution < -0.4 is 10.0 Å². The molecular formula is C27H23ClN2O3S. The summed E-state index contributed by atoms with van der Waals surface area (Å²) in [6.45, 7) is 1.84. The van der Waals surface area contributed by atoms with Gasteiger partial charge in [-0.2, -0.15) is 0 Å². The number of carbonyl (C=O) groups excluding carboxylic acids is 1. The third-order valence-electron chi connectivity index (χ3n) is 5.30. The van der Waals surface area contributed by atoms with Crippen LogP contribution in [0, 0.1) is 6.92 Å². The van der Waals surface area contributed by atoms with Gasteiger partial charge in [0.1, 0.15) is 0 Å². The Balaban J connectivity index is 1.37. The van der Waals surface area contributed by atoms with Gasteiger partial charge in [0.25, 0.3) is 10.0 Å². The van der Waals surface area contributed by atoms with Crippen LogP contribution in [-0.4, -0.2) is 14.3 Å². The normalized spacial score (nSPS) is 11.1. The number of carbonyl (C=O) groups is 1. The highest BCUT2D eigenvalue weighted by molar-refractivity contribution is 7.92.